The number of hydrogen-bond acceptors (Lipinski definition) is 0. The van der Waals surface area contributed by atoms with Gasteiger partial charge in [-0.3, -0.25) is 0 Å². The zero-order valence-electron chi connectivity index (χ0n) is 16.1. The Kier molecular flexibility index (Phi) is 5.06. The average Bonchev–Trinajstić information content (AvgIpc) is 2.91. The Morgan fingerprint density at radius 1 is 0.464 bits per heavy atom. The van der Waals surface area contributed by atoms with E-state index in [2.05, 4.69) is 91.0 Å². The van der Waals surface area contributed by atoms with E-state index in [0.717, 1.165) is 0 Å². The van der Waals surface area contributed by atoms with Crippen molar-refractivity contribution in [1.82, 2.24) is 0 Å². The Morgan fingerprint density at radius 2 is 0.893 bits per heavy atom. The van der Waals surface area contributed by atoms with Crippen molar-refractivity contribution in [3.63, 3.8) is 0 Å². The van der Waals surface area contributed by atoms with E-state index < -0.39 is 14.7 Å². The van der Waals surface area contributed by atoms with E-state index in [1.54, 1.807) is 24.2 Å². The fourth-order valence-electron chi connectivity index (χ4n) is 4.62. The summed E-state index contributed by atoms with van der Waals surface area (Å²) >= 11 is -1.59. The molecule has 1 fully saturated rings. The maximum absolute atomic E-state index is 2.37. The molecule has 0 amide bonds. The van der Waals surface area contributed by atoms with Crippen LogP contribution in [-0.2, 0) is 0 Å². The Hall–Kier alpha value is -2.30. The van der Waals surface area contributed by atoms with Crippen LogP contribution in [0.1, 0.15) is 43.2 Å². The van der Waals surface area contributed by atoms with Crippen LogP contribution in [0.3, 0.4) is 0 Å². The first-order valence-electron chi connectivity index (χ1n) is 10.4. The van der Waals surface area contributed by atoms with Gasteiger partial charge in [0.25, 0.3) is 0 Å². The molecule has 0 spiro atoms. The van der Waals surface area contributed by atoms with Crippen LogP contribution in [0.2, 0.25) is 0 Å². The summed E-state index contributed by atoms with van der Waals surface area (Å²) in [5, 5.41) is 0. The van der Waals surface area contributed by atoms with Crippen LogP contribution in [0.4, 0.5) is 0 Å². The third-order valence-electron chi connectivity index (χ3n) is 5.85. The molecule has 1 aliphatic carbocycles. The van der Waals surface area contributed by atoms with Crippen molar-refractivity contribution in [3.8, 4) is 0 Å². The molecule has 0 saturated heterocycles. The quantitative estimate of drug-likeness (QED) is 0.430. The first-order valence-corrected chi connectivity index (χ1v) is 13.2. The fraction of sp³-hybridized carbons (Fsp3) is 0.185. The van der Waals surface area contributed by atoms with E-state index in [1.807, 2.05) is 0 Å². The molecule has 1 saturated carbocycles. The van der Waals surface area contributed by atoms with Gasteiger partial charge in [0.05, 0.1) is 0 Å². The topological polar surface area (TPSA) is 0 Å². The molecular weight excluding hydrogens is 399 g/mol. The van der Waals surface area contributed by atoms with Crippen LogP contribution in [0, 0.1) is 0 Å². The number of fused-ring (bicyclic) bond motifs is 1. The summed E-state index contributed by atoms with van der Waals surface area (Å²) < 4.78 is 4.94. The van der Waals surface area contributed by atoms with Crippen molar-refractivity contribution in [2.75, 3.05) is 0 Å². The van der Waals surface area contributed by atoms with Crippen LogP contribution in [0.15, 0.2) is 102 Å². The summed E-state index contributed by atoms with van der Waals surface area (Å²) in [6.45, 7) is 0. The van der Waals surface area contributed by atoms with Crippen molar-refractivity contribution >= 4 is 27.7 Å². The zero-order chi connectivity index (χ0) is 18.8. The molecule has 0 aromatic heterocycles. The Morgan fingerprint density at radius 3 is 1.36 bits per heavy atom. The van der Waals surface area contributed by atoms with Gasteiger partial charge in [-0.15, -0.1) is 0 Å². The van der Waals surface area contributed by atoms with E-state index >= 15 is 0 Å². The van der Waals surface area contributed by atoms with Gasteiger partial charge in [0.1, 0.15) is 0 Å². The third kappa shape index (κ3) is 3.21. The standard InChI is InChI=1S/C27H25As/c1-5-13-21(14-6-1)26-24-19-11-4-12-20-25(24)27(22-15-7-2-8-16-22)28(26)23-17-9-3-10-18-23/h1-3,5-10,13-18H,4,11-12,19-20H2. The summed E-state index contributed by atoms with van der Waals surface area (Å²) in [7, 11) is 0. The number of allylic oxidation sites excluding steroid dienone is 2. The molecule has 5 rings (SSSR count). The summed E-state index contributed by atoms with van der Waals surface area (Å²) in [5.74, 6) is 0. The Labute approximate surface area is 172 Å². The molecule has 0 radical (unpaired) electrons. The Balaban J connectivity index is 1.78. The molecule has 138 valence electrons. The van der Waals surface area contributed by atoms with Crippen LogP contribution < -0.4 is 4.35 Å². The first-order chi connectivity index (χ1) is 13.9. The maximum atomic E-state index is 2.37. The number of benzene rings is 3. The van der Waals surface area contributed by atoms with Gasteiger partial charge < -0.3 is 0 Å². The molecule has 0 unspecified atom stereocenters. The van der Waals surface area contributed by atoms with Crippen molar-refractivity contribution in [3.05, 3.63) is 113 Å². The minimum atomic E-state index is -1.59. The Bertz CT molecular complexity index is 948. The molecule has 0 N–H and O–H groups in total. The predicted octanol–water partition coefficient (Wildman–Crippen LogP) is 6.35. The fourth-order valence-corrected chi connectivity index (χ4v) is 11.0. The van der Waals surface area contributed by atoms with Gasteiger partial charge in [-0.25, -0.2) is 0 Å². The monoisotopic (exact) mass is 424 g/mol. The SMILES string of the molecule is c1ccc(C2=C3CCCCCC3=C(c3ccccc3)[As]2c2ccccc2)cc1. The van der Waals surface area contributed by atoms with Gasteiger partial charge in [-0.05, 0) is 0 Å². The second kappa shape index (κ2) is 7.98. The number of rotatable bonds is 3. The third-order valence-corrected chi connectivity index (χ3v) is 11.6. The van der Waals surface area contributed by atoms with Gasteiger partial charge in [0, 0.05) is 0 Å². The van der Waals surface area contributed by atoms with Gasteiger partial charge >= 0.3 is 173 Å². The molecular formula is C27H25As. The molecule has 2 aliphatic rings. The van der Waals surface area contributed by atoms with Gasteiger partial charge in [-0.1, -0.05) is 0 Å². The molecule has 28 heavy (non-hydrogen) atoms. The summed E-state index contributed by atoms with van der Waals surface area (Å²) in [5.41, 5.74) is 6.27. The van der Waals surface area contributed by atoms with Crippen LogP contribution in [0.25, 0.3) is 8.72 Å². The van der Waals surface area contributed by atoms with E-state index in [0.29, 0.717) is 0 Å². The molecule has 3 aromatic carbocycles. The molecule has 0 bridgehead atoms. The van der Waals surface area contributed by atoms with E-state index in [-0.39, 0.29) is 0 Å². The summed E-state index contributed by atoms with van der Waals surface area (Å²) in [6, 6.07) is 33.8. The predicted molar refractivity (Wildman–Crippen MR) is 122 cm³/mol. The molecule has 1 heteroatoms. The van der Waals surface area contributed by atoms with E-state index in [4.69, 9.17) is 0 Å². The molecule has 1 aliphatic heterocycles. The van der Waals surface area contributed by atoms with Crippen molar-refractivity contribution in [2.45, 2.75) is 32.1 Å². The van der Waals surface area contributed by atoms with Crippen LogP contribution in [-0.4, -0.2) is 14.7 Å². The van der Waals surface area contributed by atoms with Gasteiger partial charge in [-0.2, -0.15) is 0 Å². The van der Waals surface area contributed by atoms with Gasteiger partial charge in [0.15, 0.2) is 0 Å². The zero-order valence-corrected chi connectivity index (χ0v) is 18.0. The second-order valence-corrected chi connectivity index (χ2v) is 12.0. The average molecular weight is 424 g/mol. The normalized spacial score (nSPS) is 17.6. The van der Waals surface area contributed by atoms with Crippen molar-refractivity contribution in [1.29, 1.82) is 0 Å². The molecule has 3 aromatic rings. The van der Waals surface area contributed by atoms with Crippen LogP contribution in [0.5, 0.6) is 0 Å². The first kappa shape index (κ1) is 17.8. The molecule has 1 heterocycles. The van der Waals surface area contributed by atoms with E-state index in [1.165, 1.54) is 43.2 Å². The van der Waals surface area contributed by atoms with Crippen molar-refractivity contribution < 1.29 is 0 Å². The summed E-state index contributed by atoms with van der Waals surface area (Å²) in [4.78, 5) is 0. The molecule has 0 nitrogen and oxygen atoms in total. The van der Waals surface area contributed by atoms with Gasteiger partial charge in [0.2, 0.25) is 0 Å². The second-order valence-electron chi connectivity index (χ2n) is 7.62. The molecule has 0 atom stereocenters. The number of hydrogen-bond donors (Lipinski definition) is 0. The summed E-state index contributed by atoms with van der Waals surface area (Å²) in [6.07, 6.45) is 6.50. The van der Waals surface area contributed by atoms with Crippen molar-refractivity contribution in [2.24, 2.45) is 0 Å². The van der Waals surface area contributed by atoms with Crippen LogP contribution >= 0.6 is 0 Å². The van der Waals surface area contributed by atoms with E-state index in [9.17, 15) is 0 Å². The minimum absolute atomic E-state index is 1.24.